The number of aromatic nitrogens is 1. The number of rotatable bonds is 7. The molecule has 0 aliphatic heterocycles. The van der Waals surface area contributed by atoms with E-state index in [1.54, 1.807) is 22.7 Å². The Labute approximate surface area is 133 Å². The number of thiophene rings is 1. The zero-order valence-electron chi connectivity index (χ0n) is 12.6. The van der Waals surface area contributed by atoms with Gasteiger partial charge in [-0.15, -0.1) is 11.3 Å². The molecule has 6 heteroatoms. The maximum atomic E-state index is 11.8. The molecule has 2 rings (SSSR count). The largest absolute Gasteiger partial charge is 0.353 e. The van der Waals surface area contributed by atoms with E-state index in [9.17, 15) is 4.79 Å². The Morgan fingerprint density at radius 3 is 2.86 bits per heavy atom. The summed E-state index contributed by atoms with van der Waals surface area (Å²) in [5.41, 5.74) is 2.21. The minimum absolute atomic E-state index is 0.0696. The fraction of sp³-hybridized carbons (Fsp3) is 0.467. The van der Waals surface area contributed by atoms with Crippen molar-refractivity contribution in [3.63, 3.8) is 0 Å². The molecular weight excluding hydrogens is 302 g/mol. The summed E-state index contributed by atoms with van der Waals surface area (Å²) in [6.07, 6.45) is 0. The number of nitrogens with one attached hydrogen (secondary N) is 1. The van der Waals surface area contributed by atoms with Crippen LogP contribution in [0.15, 0.2) is 22.2 Å². The van der Waals surface area contributed by atoms with Gasteiger partial charge >= 0.3 is 0 Å². The minimum Gasteiger partial charge on any atom is -0.353 e. The highest BCUT2D eigenvalue weighted by Crippen LogP contribution is 2.26. The maximum absolute atomic E-state index is 11.8. The maximum Gasteiger partial charge on any atom is 0.234 e. The van der Waals surface area contributed by atoms with Gasteiger partial charge in [-0.25, -0.2) is 4.98 Å². The van der Waals surface area contributed by atoms with Crippen LogP contribution in [0.2, 0.25) is 0 Å². The van der Waals surface area contributed by atoms with Crippen molar-refractivity contribution in [1.82, 2.24) is 15.2 Å². The van der Waals surface area contributed by atoms with Gasteiger partial charge in [0.05, 0.1) is 12.2 Å². The fourth-order valence-corrected chi connectivity index (χ4v) is 3.50. The first-order valence-electron chi connectivity index (χ1n) is 7.07. The third kappa shape index (κ3) is 4.91. The molecule has 0 aliphatic rings. The van der Waals surface area contributed by atoms with Gasteiger partial charge in [0.25, 0.3) is 0 Å². The van der Waals surface area contributed by atoms with Crippen molar-refractivity contribution in [2.45, 2.75) is 33.4 Å². The summed E-state index contributed by atoms with van der Waals surface area (Å²) in [5.74, 6) is 0.0696. The second-order valence-corrected chi connectivity index (χ2v) is 6.82. The summed E-state index contributed by atoms with van der Waals surface area (Å²) in [6.45, 7) is 7.97. The number of thiazole rings is 1. The third-order valence-corrected chi connectivity index (χ3v) is 4.59. The number of nitrogens with zero attached hydrogens (tertiary/aromatic N) is 2. The van der Waals surface area contributed by atoms with Crippen molar-refractivity contribution in [3.05, 3.63) is 27.9 Å². The highest BCUT2D eigenvalue weighted by molar-refractivity contribution is 7.14. The van der Waals surface area contributed by atoms with Crippen LogP contribution >= 0.6 is 22.7 Å². The van der Waals surface area contributed by atoms with Crippen LogP contribution in [0, 0.1) is 0 Å². The molecule has 0 unspecified atom stereocenters. The molecule has 0 spiro atoms. The molecule has 114 valence electrons. The molecule has 2 heterocycles. The van der Waals surface area contributed by atoms with Crippen LogP contribution in [0.4, 0.5) is 0 Å². The number of carbonyl (C=O) groups excluding carboxylic acids is 1. The van der Waals surface area contributed by atoms with Gasteiger partial charge in [0.1, 0.15) is 5.01 Å². The van der Waals surface area contributed by atoms with Gasteiger partial charge in [-0.2, -0.15) is 11.3 Å². The van der Waals surface area contributed by atoms with Crippen LogP contribution in [0.1, 0.15) is 26.5 Å². The summed E-state index contributed by atoms with van der Waals surface area (Å²) < 4.78 is 0. The van der Waals surface area contributed by atoms with E-state index >= 15 is 0 Å². The number of hydrogen-bond donors (Lipinski definition) is 1. The van der Waals surface area contributed by atoms with Crippen molar-refractivity contribution >= 4 is 28.6 Å². The second kappa shape index (κ2) is 7.68. The molecule has 0 aromatic carbocycles. The molecule has 0 aliphatic carbocycles. The highest BCUT2D eigenvalue weighted by atomic mass is 32.1. The molecule has 2 aromatic rings. The van der Waals surface area contributed by atoms with E-state index in [4.69, 9.17) is 0 Å². The smallest absolute Gasteiger partial charge is 0.234 e. The first-order chi connectivity index (χ1) is 10.1. The van der Waals surface area contributed by atoms with Crippen LogP contribution in [0.5, 0.6) is 0 Å². The van der Waals surface area contributed by atoms with Crippen molar-refractivity contribution in [2.24, 2.45) is 0 Å². The second-order valence-electron chi connectivity index (χ2n) is 5.18. The Morgan fingerprint density at radius 1 is 1.43 bits per heavy atom. The molecule has 0 saturated carbocycles. The molecule has 4 nitrogen and oxygen atoms in total. The molecule has 0 bridgehead atoms. The van der Waals surface area contributed by atoms with Gasteiger partial charge in [-0.05, 0) is 31.8 Å². The average Bonchev–Trinajstić information content (AvgIpc) is 3.07. The predicted octanol–water partition coefficient (Wildman–Crippen LogP) is 3.22. The summed E-state index contributed by atoms with van der Waals surface area (Å²) in [6, 6.07) is 2.27. The quantitative estimate of drug-likeness (QED) is 0.851. The Balaban J connectivity index is 1.94. The normalized spacial score (nSPS) is 11.3. The summed E-state index contributed by atoms with van der Waals surface area (Å²) in [4.78, 5) is 18.6. The number of hydrogen-bond acceptors (Lipinski definition) is 5. The molecule has 1 N–H and O–H groups in total. The van der Waals surface area contributed by atoms with E-state index in [2.05, 4.69) is 44.3 Å². The molecule has 0 saturated heterocycles. The van der Waals surface area contributed by atoms with Crippen LogP contribution in [0.3, 0.4) is 0 Å². The monoisotopic (exact) mass is 323 g/mol. The lowest BCUT2D eigenvalue weighted by Gasteiger charge is -2.19. The highest BCUT2D eigenvalue weighted by Gasteiger charge is 2.13. The minimum atomic E-state index is 0.0696. The summed E-state index contributed by atoms with van der Waals surface area (Å²) in [7, 11) is 0. The predicted molar refractivity (Wildman–Crippen MR) is 89.7 cm³/mol. The fourth-order valence-electron chi connectivity index (χ4n) is 1.98. The number of amides is 1. The van der Waals surface area contributed by atoms with Crippen molar-refractivity contribution in [2.75, 3.05) is 13.1 Å². The SMILES string of the molecule is CCN(CC(=O)NC(C)C)Cc1csc(-c2ccsc2)n1. The lowest BCUT2D eigenvalue weighted by atomic mass is 10.3. The Bertz CT molecular complexity index is 563. The number of likely N-dealkylation sites (N-methyl/N-ethyl adjacent to an activating group) is 1. The van der Waals surface area contributed by atoms with E-state index in [1.807, 2.05) is 13.8 Å². The topological polar surface area (TPSA) is 45.2 Å². The lowest BCUT2D eigenvalue weighted by Crippen LogP contribution is -2.39. The molecule has 2 aromatic heterocycles. The van der Waals surface area contributed by atoms with Crippen molar-refractivity contribution in [3.8, 4) is 10.6 Å². The third-order valence-electron chi connectivity index (χ3n) is 2.97. The molecule has 0 radical (unpaired) electrons. The first kappa shape index (κ1) is 16.1. The van der Waals surface area contributed by atoms with Crippen LogP contribution in [0.25, 0.3) is 10.6 Å². The van der Waals surface area contributed by atoms with Crippen molar-refractivity contribution in [1.29, 1.82) is 0 Å². The molecule has 0 atom stereocenters. The van der Waals surface area contributed by atoms with Gasteiger partial charge in [0, 0.05) is 28.9 Å². The standard InChI is InChI=1S/C15H21N3OS2/c1-4-18(8-14(19)16-11(2)3)7-13-10-21-15(17-13)12-5-6-20-9-12/h5-6,9-11H,4,7-8H2,1-3H3,(H,16,19). The van der Waals surface area contributed by atoms with E-state index in [0.717, 1.165) is 17.2 Å². The van der Waals surface area contributed by atoms with Crippen LogP contribution in [-0.4, -0.2) is 34.9 Å². The van der Waals surface area contributed by atoms with Gasteiger partial charge < -0.3 is 5.32 Å². The molecule has 0 fully saturated rings. The Kier molecular flexibility index (Phi) is 5.90. The van der Waals surface area contributed by atoms with E-state index in [-0.39, 0.29) is 11.9 Å². The summed E-state index contributed by atoms with van der Waals surface area (Å²) in [5, 5.41) is 10.2. The average molecular weight is 323 g/mol. The zero-order chi connectivity index (χ0) is 15.2. The van der Waals surface area contributed by atoms with Gasteiger partial charge in [-0.1, -0.05) is 6.92 Å². The van der Waals surface area contributed by atoms with E-state index in [0.29, 0.717) is 13.1 Å². The van der Waals surface area contributed by atoms with E-state index < -0.39 is 0 Å². The van der Waals surface area contributed by atoms with E-state index in [1.165, 1.54) is 5.56 Å². The Hall–Kier alpha value is -1.24. The van der Waals surface area contributed by atoms with Gasteiger partial charge in [-0.3, -0.25) is 9.69 Å². The Morgan fingerprint density at radius 2 is 2.24 bits per heavy atom. The van der Waals surface area contributed by atoms with Crippen LogP contribution in [-0.2, 0) is 11.3 Å². The summed E-state index contributed by atoms with van der Waals surface area (Å²) >= 11 is 3.34. The van der Waals surface area contributed by atoms with Gasteiger partial charge in [0.2, 0.25) is 5.91 Å². The van der Waals surface area contributed by atoms with Crippen molar-refractivity contribution < 1.29 is 4.79 Å². The lowest BCUT2D eigenvalue weighted by molar-refractivity contribution is -0.122. The zero-order valence-corrected chi connectivity index (χ0v) is 14.3. The van der Waals surface area contributed by atoms with Crippen LogP contribution < -0.4 is 5.32 Å². The molecule has 1 amide bonds. The number of carbonyl (C=O) groups is 1. The van der Waals surface area contributed by atoms with Gasteiger partial charge in [0.15, 0.2) is 0 Å². The molecular formula is C15H21N3OS2. The first-order valence-corrected chi connectivity index (χ1v) is 8.89. The molecule has 21 heavy (non-hydrogen) atoms.